The van der Waals surface area contributed by atoms with Gasteiger partial charge >= 0.3 is 6.03 Å². The maximum atomic E-state index is 14.7. The third-order valence-corrected chi connectivity index (χ3v) is 7.15. The first-order valence-corrected chi connectivity index (χ1v) is 11.5. The molecule has 3 heterocycles. The first-order chi connectivity index (χ1) is 14.8. The van der Waals surface area contributed by atoms with Gasteiger partial charge in [-0.1, -0.05) is 6.92 Å². The molecule has 7 nitrogen and oxygen atoms in total. The molecule has 31 heavy (non-hydrogen) atoms. The topological polar surface area (TPSA) is 79.4 Å². The fourth-order valence-electron chi connectivity index (χ4n) is 4.00. The van der Waals surface area contributed by atoms with Gasteiger partial charge < -0.3 is 20.3 Å². The zero-order chi connectivity index (χ0) is 22.2. The van der Waals surface area contributed by atoms with Crippen molar-refractivity contribution in [3.8, 4) is 11.4 Å². The number of fused-ring (bicyclic) bond motifs is 1. The highest BCUT2D eigenvalue weighted by Crippen LogP contribution is 2.49. The number of rotatable bonds is 4. The molecule has 2 aromatic rings. The maximum absolute atomic E-state index is 14.7. The molecule has 1 aromatic heterocycles. The van der Waals surface area contributed by atoms with Gasteiger partial charge in [-0.3, -0.25) is 0 Å². The lowest BCUT2D eigenvalue weighted by Gasteiger charge is -2.37. The number of halogens is 1. The number of benzene rings is 1. The van der Waals surface area contributed by atoms with Gasteiger partial charge in [-0.2, -0.15) is 0 Å². The minimum Gasteiger partial charge on any atom is -0.377 e. The number of anilines is 2. The van der Waals surface area contributed by atoms with Gasteiger partial charge in [0.05, 0.1) is 35.4 Å². The van der Waals surface area contributed by atoms with Gasteiger partial charge in [-0.15, -0.1) is 11.8 Å². The number of hydrogen-bond acceptors (Lipinski definition) is 6. The van der Waals surface area contributed by atoms with Crippen molar-refractivity contribution in [2.24, 2.45) is 0 Å². The smallest absolute Gasteiger partial charge is 0.319 e. The highest BCUT2D eigenvalue weighted by molar-refractivity contribution is 7.99. The summed E-state index contributed by atoms with van der Waals surface area (Å²) in [5.41, 5.74) is 2.86. The van der Waals surface area contributed by atoms with Gasteiger partial charge in [0, 0.05) is 30.5 Å². The summed E-state index contributed by atoms with van der Waals surface area (Å²) in [4.78, 5) is 23.7. The summed E-state index contributed by atoms with van der Waals surface area (Å²) in [6, 6.07) is 4.44. The van der Waals surface area contributed by atoms with Crippen LogP contribution in [0.3, 0.4) is 0 Å². The molecule has 4 rings (SSSR count). The molecule has 9 heteroatoms. The van der Waals surface area contributed by atoms with Crippen molar-refractivity contribution in [3.05, 3.63) is 35.3 Å². The van der Waals surface area contributed by atoms with Crippen LogP contribution in [0, 0.1) is 5.82 Å². The van der Waals surface area contributed by atoms with E-state index in [1.807, 2.05) is 11.8 Å². The Hall–Kier alpha value is -2.39. The Morgan fingerprint density at radius 2 is 2.19 bits per heavy atom. The van der Waals surface area contributed by atoms with E-state index in [-0.39, 0.29) is 16.5 Å². The van der Waals surface area contributed by atoms with E-state index in [2.05, 4.69) is 36.3 Å². The Labute approximate surface area is 186 Å². The first-order valence-electron chi connectivity index (χ1n) is 10.5. The average molecular weight is 446 g/mol. The number of nitrogens with zero attached hydrogens (tertiary/aromatic N) is 3. The second-order valence-electron chi connectivity index (χ2n) is 8.23. The molecular weight excluding hydrogens is 417 g/mol. The van der Waals surface area contributed by atoms with E-state index in [0.717, 1.165) is 35.8 Å². The summed E-state index contributed by atoms with van der Waals surface area (Å²) in [7, 11) is 1.48. The van der Waals surface area contributed by atoms with Gasteiger partial charge in [0.25, 0.3) is 0 Å². The van der Waals surface area contributed by atoms with Crippen molar-refractivity contribution in [2.75, 3.05) is 37.0 Å². The summed E-state index contributed by atoms with van der Waals surface area (Å²) < 4.78 is 20.2. The third-order valence-electron chi connectivity index (χ3n) is 5.81. The van der Waals surface area contributed by atoms with Crippen molar-refractivity contribution >= 4 is 29.3 Å². The molecular formula is C22H28FN5O2S. The van der Waals surface area contributed by atoms with Crippen molar-refractivity contribution < 1.29 is 13.9 Å². The molecule has 1 saturated heterocycles. The lowest BCUT2D eigenvalue weighted by Crippen LogP contribution is -2.46. The lowest BCUT2D eigenvalue weighted by molar-refractivity contribution is 0.0925. The standard InChI is InChI=1S/C22H28FN5O2S/c1-5-14-11-30-9-8-28(14)20-15-12-31-22(2,3)18(15)26-19(27-20)13-6-7-17(16(23)10-13)25-21(29)24-4/h6-7,10,14H,5,8-9,11-12H2,1-4H3,(H2,24,25,29). The van der Waals surface area contributed by atoms with E-state index in [0.29, 0.717) is 24.6 Å². The molecule has 1 fully saturated rings. The summed E-state index contributed by atoms with van der Waals surface area (Å²) in [5, 5.41) is 4.90. The van der Waals surface area contributed by atoms with E-state index >= 15 is 0 Å². The normalized spacial score (nSPS) is 19.8. The molecule has 0 saturated carbocycles. The number of urea groups is 1. The summed E-state index contributed by atoms with van der Waals surface area (Å²) in [6.07, 6.45) is 0.957. The number of aromatic nitrogens is 2. The van der Waals surface area contributed by atoms with Crippen molar-refractivity contribution in [3.63, 3.8) is 0 Å². The number of amides is 2. The van der Waals surface area contributed by atoms with Crippen LogP contribution >= 0.6 is 11.8 Å². The number of thioether (sulfide) groups is 1. The number of nitrogens with one attached hydrogen (secondary N) is 2. The van der Waals surface area contributed by atoms with E-state index in [9.17, 15) is 9.18 Å². The molecule has 2 amide bonds. The number of ether oxygens (including phenoxy) is 1. The van der Waals surface area contributed by atoms with Crippen LogP contribution in [0.5, 0.6) is 0 Å². The van der Waals surface area contributed by atoms with E-state index < -0.39 is 11.8 Å². The van der Waals surface area contributed by atoms with E-state index in [4.69, 9.17) is 14.7 Å². The number of carbonyl (C=O) groups excluding carboxylic acids is 1. The van der Waals surface area contributed by atoms with Gasteiger partial charge in [-0.05, 0) is 38.5 Å². The predicted octanol–water partition coefficient (Wildman–Crippen LogP) is 4.13. The highest BCUT2D eigenvalue weighted by Gasteiger charge is 2.38. The average Bonchev–Trinajstić information content (AvgIpc) is 3.09. The molecule has 2 N–H and O–H groups in total. The first kappa shape index (κ1) is 21.8. The Bertz CT molecular complexity index is 1000. The second kappa shape index (κ2) is 8.63. The van der Waals surface area contributed by atoms with Crippen molar-refractivity contribution in [1.82, 2.24) is 15.3 Å². The zero-order valence-electron chi connectivity index (χ0n) is 18.3. The summed E-state index contributed by atoms with van der Waals surface area (Å²) >= 11 is 1.85. The fraction of sp³-hybridized carbons (Fsp3) is 0.500. The lowest BCUT2D eigenvalue weighted by atomic mass is 10.0. The van der Waals surface area contributed by atoms with Crippen LogP contribution < -0.4 is 15.5 Å². The van der Waals surface area contributed by atoms with E-state index in [1.54, 1.807) is 12.1 Å². The van der Waals surface area contributed by atoms with Gasteiger partial charge in [0.15, 0.2) is 5.82 Å². The molecule has 1 atom stereocenters. The predicted molar refractivity (Wildman–Crippen MR) is 122 cm³/mol. The minimum atomic E-state index is -0.529. The Balaban J connectivity index is 1.79. The molecule has 1 aromatic carbocycles. The minimum absolute atomic E-state index is 0.111. The molecule has 2 aliphatic rings. The molecule has 0 aliphatic carbocycles. The van der Waals surface area contributed by atoms with Crippen LogP contribution in [0.25, 0.3) is 11.4 Å². The van der Waals surface area contributed by atoms with Crippen molar-refractivity contribution in [2.45, 2.75) is 43.7 Å². The van der Waals surface area contributed by atoms with Gasteiger partial charge in [0.1, 0.15) is 11.6 Å². The van der Waals surface area contributed by atoms with Crippen LogP contribution in [-0.2, 0) is 15.2 Å². The number of morpholine rings is 1. The van der Waals surface area contributed by atoms with E-state index in [1.165, 1.54) is 13.1 Å². The van der Waals surface area contributed by atoms with Crippen LogP contribution in [0.1, 0.15) is 38.4 Å². The quantitative estimate of drug-likeness (QED) is 0.737. The molecule has 1 unspecified atom stereocenters. The second-order valence-corrected chi connectivity index (χ2v) is 9.82. The summed E-state index contributed by atoms with van der Waals surface area (Å²) in [6.45, 7) is 8.59. The van der Waals surface area contributed by atoms with Crippen molar-refractivity contribution in [1.29, 1.82) is 0 Å². The fourth-order valence-corrected chi connectivity index (χ4v) is 5.08. The Morgan fingerprint density at radius 3 is 2.90 bits per heavy atom. The monoisotopic (exact) mass is 445 g/mol. The number of hydrogen-bond donors (Lipinski definition) is 2. The third kappa shape index (κ3) is 4.21. The molecule has 0 radical (unpaired) electrons. The molecule has 2 aliphatic heterocycles. The van der Waals surface area contributed by atoms with Crippen LogP contribution in [0.2, 0.25) is 0 Å². The maximum Gasteiger partial charge on any atom is 0.319 e. The molecule has 166 valence electrons. The Morgan fingerprint density at radius 1 is 1.39 bits per heavy atom. The molecule has 0 bridgehead atoms. The van der Waals surface area contributed by atoms with Gasteiger partial charge in [-0.25, -0.2) is 19.2 Å². The zero-order valence-corrected chi connectivity index (χ0v) is 19.1. The summed E-state index contributed by atoms with van der Waals surface area (Å²) in [5.74, 6) is 1.75. The highest BCUT2D eigenvalue weighted by atomic mass is 32.2. The Kier molecular flexibility index (Phi) is 6.07. The van der Waals surface area contributed by atoms with Crippen LogP contribution in [0.15, 0.2) is 18.2 Å². The SMILES string of the molecule is CCC1COCCN1c1nc(-c2ccc(NC(=O)NC)c(F)c2)nc2c1CSC2(C)C. The largest absolute Gasteiger partial charge is 0.377 e. The number of carbonyl (C=O) groups is 1. The van der Waals surface area contributed by atoms with Crippen LogP contribution in [0.4, 0.5) is 20.7 Å². The van der Waals surface area contributed by atoms with Crippen LogP contribution in [-0.4, -0.2) is 48.8 Å². The van der Waals surface area contributed by atoms with Gasteiger partial charge in [0.2, 0.25) is 0 Å². The molecule has 0 spiro atoms.